The van der Waals surface area contributed by atoms with Crippen LogP contribution >= 0.6 is 0 Å². The van der Waals surface area contributed by atoms with Gasteiger partial charge < -0.3 is 4.74 Å². The molecule has 2 aromatic carbocycles. The maximum absolute atomic E-state index is 13.2. The van der Waals surface area contributed by atoms with Gasteiger partial charge in [-0.1, -0.05) is 24.3 Å². The fourth-order valence-electron chi connectivity index (χ4n) is 3.35. The molecule has 0 saturated carbocycles. The number of benzene rings is 2. The Hall–Kier alpha value is -3.13. The van der Waals surface area contributed by atoms with Crippen molar-refractivity contribution in [1.82, 2.24) is 14.3 Å². The molecule has 29 heavy (non-hydrogen) atoms. The second kappa shape index (κ2) is 8.08. The highest BCUT2D eigenvalue weighted by atomic mass is 19.1. The summed E-state index contributed by atoms with van der Waals surface area (Å²) in [7, 11) is 0. The van der Waals surface area contributed by atoms with Crippen LogP contribution in [0, 0.1) is 11.6 Å². The van der Waals surface area contributed by atoms with Gasteiger partial charge in [0.05, 0.1) is 13.1 Å². The Kier molecular flexibility index (Phi) is 5.35. The third-order valence-corrected chi connectivity index (χ3v) is 4.88. The molecule has 1 aromatic heterocycles. The Morgan fingerprint density at radius 2 is 1.52 bits per heavy atom. The number of nitrogens with zero attached hydrogens (tertiary/aromatic N) is 3. The lowest BCUT2D eigenvalue weighted by molar-refractivity contribution is 0.104. The fourth-order valence-corrected chi connectivity index (χ4v) is 3.35. The average molecular weight is 399 g/mol. The largest absolute Gasteiger partial charge is 0.372 e. The van der Waals surface area contributed by atoms with Crippen molar-refractivity contribution >= 4 is 0 Å². The van der Waals surface area contributed by atoms with Crippen molar-refractivity contribution in [1.29, 1.82) is 0 Å². The summed E-state index contributed by atoms with van der Waals surface area (Å²) in [5, 5.41) is 4.28. The third-order valence-electron chi connectivity index (χ3n) is 4.88. The number of rotatable bonds is 5. The van der Waals surface area contributed by atoms with Crippen molar-refractivity contribution in [3.05, 3.63) is 97.8 Å². The summed E-state index contributed by atoms with van der Waals surface area (Å²) < 4.78 is 34.3. The van der Waals surface area contributed by atoms with E-state index >= 15 is 0 Å². The Balaban J connectivity index is 1.78. The lowest BCUT2D eigenvalue weighted by Gasteiger charge is -2.15. The summed E-state index contributed by atoms with van der Waals surface area (Å²) in [4.78, 5) is 26.0. The molecule has 0 radical (unpaired) electrons. The maximum Gasteiger partial charge on any atom is 0.348 e. The van der Waals surface area contributed by atoms with Crippen LogP contribution in [0.15, 0.2) is 58.1 Å². The summed E-state index contributed by atoms with van der Waals surface area (Å²) in [6.07, 6.45) is 0.982. The monoisotopic (exact) mass is 399 g/mol. The minimum Gasteiger partial charge on any atom is -0.372 e. The van der Waals surface area contributed by atoms with E-state index in [2.05, 4.69) is 5.10 Å². The van der Waals surface area contributed by atoms with Gasteiger partial charge in [-0.3, -0.25) is 9.36 Å². The van der Waals surface area contributed by atoms with E-state index in [1.165, 1.54) is 41.1 Å². The minimum absolute atomic E-state index is 0.0103. The molecule has 1 unspecified atom stereocenters. The molecule has 4 rings (SSSR count). The molecule has 0 aliphatic carbocycles. The van der Waals surface area contributed by atoms with Gasteiger partial charge in [0.1, 0.15) is 17.7 Å². The van der Waals surface area contributed by atoms with Gasteiger partial charge in [0.15, 0.2) is 5.69 Å². The fraction of sp³-hybridized carbons (Fsp3) is 0.286. The number of ether oxygens (including phenoxy) is 1. The van der Waals surface area contributed by atoms with Crippen molar-refractivity contribution < 1.29 is 13.5 Å². The first-order chi connectivity index (χ1) is 14.0. The van der Waals surface area contributed by atoms with Gasteiger partial charge in [0.25, 0.3) is 5.56 Å². The lowest BCUT2D eigenvalue weighted by atomic mass is 10.2. The zero-order chi connectivity index (χ0) is 20.4. The lowest BCUT2D eigenvalue weighted by Crippen LogP contribution is -2.44. The zero-order valence-corrected chi connectivity index (χ0v) is 15.6. The normalized spacial score (nSPS) is 16.3. The van der Waals surface area contributed by atoms with Crippen LogP contribution in [-0.4, -0.2) is 21.0 Å². The molecule has 150 valence electrons. The Morgan fingerprint density at radius 3 is 2.07 bits per heavy atom. The molecule has 2 heterocycles. The SMILES string of the molecule is O=c1c(C2CCCO2)nn(Cc2ccc(F)cc2)c(=O)n1Cc1ccc(F)cc1. The molecule has 6 nitrogen and oxygen atoms in total. The third kappa shape index (κ3) is 4.17. The second-order valence-electron chi connectivity index (χ2n) is 6.97. The van der Waals surface area contributed by atoms with E-state index in [9.17, 15) is 18.4 Å². The van der Waals surface area contributed by atoms with Crippen molar-refractivity contribution in [3.63, 3.8) is 0 Å². The molecule has 3 aromatic rings. The average Bonchev–Trinajstić information content (AvgIpc) is 3.25. The topological polar surface area (TPSA) is 66.1 Å². The number of hydrogen-bond donors (Lipinski definition) is 0. The maximum atomic E-state index is 13.2. The van der Waals surface area contributed by atoms with Crippen LogP contribution < -0.4 is 11.2 Å². The predicted molar refractivity (Wildman–Crippen MR) is 102 cm³/mol. The predicted octanol–water partition coefficient (Wildman–Crippen LogP) is 2.63. The molecular formula is C21H19F2N3O3. The summed E-state index contributed by atoms with van der Waals surface area (Å²) in [6, 6.07) is 11.3. The quantitative estimate of drug-likeness (QED) is 0.662. The summed E-state index contributed by atoms with van der Waals surface area (Å²) in [5.41, 5.74) is 0.355. The molecule has 1 saturated heterocycles. The van der Waals surface area contributed by atoms with E-state index in [1.54, 1.807) is 12.1 Å². The van der Waals surface area contributed by atoms with Crippen LogP contribution in [-0.2, 0) is 17.8 Å². The first kappa shape index (κ1) is 19.2. The van der Waals surface area contributed by atoms with Crippen LogP contribution in [0.25, 0.3) is 0 Å². The van der Waals surface area contributed by atoms with Crippen molar-refractivity contribution in [3.8, 4) is 0 Å². The Bertz CT molecular complexity index is 1120. The van der Waals surface area contributed by atoms with Gasteiger partial charge in [0.2, 0.25) is 0 Å². The Labute approximate surface area is 165 Å². The molecule has 1 aliphatic heterocycles. The number of hydrogen-bond acceptors (Lipinski definition) is 4. The van der Waals surface area contributed by atoms with E-state index in [0.717, 1.165) is 11.0 Å². The highest BCUT2D eigenvalue weighted by Crippen LogP contribution is 2.24. The molecule has 1 fully saturated rings. The first-order valence-corrected chi connectivity index (χ1v) is 9.33. The van der Waals surface area contributed by atoms with E-state index in [0.29, 0.717) is 24.2 Å². The van der Waals surface area contributed by atoms with Crippen molar-refractivity contribution in [2.75, 3.05) is 6.61 Å². The van der Waals surface area contributed by atoms with Gasteiger partial charge in [-0.2, -0.15) is 5.10 Å². The molecule has 0 N–H and O–H groups in total. The highest BCUT2D eigenvalue weighted by Gasteiger charge is 2.25. The summed E-state index contributed by atoms with van der Waals surface area (Å²) in [5.74, 6) is -0.778. The number of halogens is 2. The van der Waals surface area contributed by atoms with Gasteiger partial charge in [-0.05, 0) is 48.2 Å². The molecule has 8 heteroatoms. The molecular weight excluding hydrogens is 380 g/mol. The zero-order valence-electron chi connectivity index (χ0n) is 15.6. The summed E-state index contributed by atoms with van der Waals surface area (Å²) in [6.45, 7) is 0.604. The molecule has 0 amide bonds. The molecule has 0 bridgehead atoms. The van der Waals surface area contributed by atoms with E-state index in [1.807, 2.05) is 0 Å². The number of aromatic nitrogens is 3. The smallest absolute Gasteiger partial charge is 0.348 e. The van der Waals surface area contributed by atoms with Crippen molar-refractivity contribution in [2.24, 2.45) is 0 Å². The minimum atomic E-state index is -0.592. The van der Waals surface area contributed by atoms with Crippen LogP contribution in [0.2, 0.25) is 0 Å². The van der Waals surface area contributed by atoms with Gasteiger partial charge in [-0.15, -0.1) is 0 Å². The van der Waals surface area contributed by atoms with Crippen LogP contribution in [0.5, 0.6) is 0 Å². The Morgan fingerprint density at radius 1 is 0.931 bits per heavy atom. The molecule has 1 atom stereocenters. The van der Waals surface area contributed by atoms with E-state index in [4.69, 9.17) is 4.74 Å². The first-order valence-electron chi connectivity index (χ1n) is 9.33. The molecule has 1 aliphatic rings. The van der Waals surface area contributed by atoms with Crippen LogP contribution in [0.3, 0.4) is 0 Å². The highest BCUT2D eigenvalue weighted by molar-refractivity contribution is 5.18. The van der Waals surface area contributed by atoms with E-state index in [-0.39, 0.29) is 24.6 Å². The van der Waals surface area contributed by atoms with E-state index < -0.39 is 23.2 Å². The standard InChI is InChI=1S/C21H19F2N3O3/c22-16-7-3-14(4-8-16)12-25-20(27)19(18-2-1-11-29-18)24-26(21(25)28)13-15-5-9-17(23)10-6-15/h3-10,18H,1-2,11-13H2. The van der Waals surface area contributed by atoms with Gasteiger partial charge in [0, 0.05) is 6.61 Å². The molecule has 0 spiro atoms. The van der Waals surface area contributed by atoms with Gasteiger partial charge in [-0.25, -0.2) is 18.3 Å². The summed E-state index contributed by atoms with van der Waals surface area (Å²) >= 11 is 0. The van der Waals surface area contributed by atoms with Crippen LogP contribution in [0.1, 0.15) is 35.8 Å². The van der Waals surface area contributed by atoms with Crippen LogP contribution in [0.4, 0.5) is 8.78 Å². The second-order valence-corrected chi connectivity index (χ2v) is 6.97. The van der Waals surface area contributed by atoms with Gasteiger partial charge >= 0.3 is 5.69 Å². The van der Waals surface area contributed by atoms with Crippen molar-refractivity contribution in [2.45, 2.75) is 32.0 Å².